The van der Waals surface area contributed by atoms with Gasteiger partial charge in [0.25, 0.3) is 0 Å². The number of benzene rings is 1. The SMILES string of the molecule is C=C[C@H](C(=O)N1C(=O)OC[C@@H]1Cc1ccccc1)[C@@H](/C=C/C(F)(F)F)O[Si](C)(C)C(C)(C)C. The smallest absolute Gasteiger partial charge is 0.417 e. The third-order valence-electron chi connectivity index (χ3n) is 6.12. The van der Waals surface area contributed by atoms with Crippen LogP contribution in [-0.4, -0.2) is 50.1 Å². The third kappa shape index (κ3) is 7.04. The van der Waals surface area contributed by atoms with Gasteiger partial charge < -0.3 is 9.16 Å². The normalized spacial score (nSPS) is 19.5. The second-order valence-electron chi connectivity index (χ2n) is 9.63. The van der Waals surface area contributed by atoms with Crippen molar-refractivity contribution in [3.63, 3.8) is 0 Å². The van der Waals surface area contributed by atoms with E-state index in [2.05, 4.69) is 6.58 Å². The zero-order chi connectivity index (χ0) is 25.0. The lowest BCUT2D eigenvalue weighted by atomic mass is 9.98. The predicted molar refractivity (Wildman–Crippen MR) is 123 cm³/mol. The number of hydrogen-bond acceptors (Lipinski definition) is 4. The molecule has 0 aliphatic carbocycles. The van der Waals surface area contributed by atoms with E-state index in [9.17, 15) is 22.8 Å². The number of rotatable bonds is 8. The van der Waals surface area contributed by atoms with Crippen molar-refractivity contribution in [3.05, 3.63) is 60.7 Å². The second kappa shape index (κ2) is 10.3. The van der Waals surface area contributed by atoms with E-state index in [0.29, 0.717) is 6.42 Å². The fourth-order valence-corrected chi connectivity index (χ4v) is 4.52. The number of carbonyl (C=O) groups is 2. The molecule has 2 amide bonds. The molecular formula is C24H32F3NO4Si. The van der Waals surface area contributed by atoms with E-state index >= 15 is 0 Å². The van der Waals surface area contributed by atoms with Crippen LogP contribution in [0.4, 0.5) is 18.0 Å². The van der Waals surface area contributed by atoms with Crippen molar-refractivity contribution >= 4 is 20.3 Å². The van der Waals surface area contributed by atoms with E-state index in [-0.39, 0.29) is 17.7 Å². The summed E-state index contributed by atoms with van der Waals surface area (Å²) in [6, 6.07) is 8.70. The van der Waals surface area contributed by atoms with E-state index < -0.39 is 44.6 Å². The lowest BCUT2D eigenvalue weighted by Gasteiger charge is -2.40. The van der Waals surface area contributed by atoms with Gasteiger partial charge in [-0.1, -0.05) is 63.3 Å². The van der Waals surface area contributed by atoms with Crippen LogP contribution in [0.2, 0.25) is 18.1 Å². The summed E-state index contributed by atoms with van der Waals surface area (Å²) in [7, 11) is -2.58. The Hall–Kier alpha value is -2.39. The molecule has 1 aromatic carbocycles. The molecule has 1 aromatic rings. The standard InChI is InChI=1S/C24H32F3NO4Si/c1-7-19(20(13-14-24(25,26)27)32-33(5,6)23(2,3)4)21(29)28-18(16-31-22(28)30)15-17-11-9-8-10-12-17/h7-14,18-20H,1,15-16H2,2-6H3/b14-13+/t18-,19-,20+/m0/s1. The summed E-state index contributed by atoms with van der Waals surface area (Å²) in [6.45, 7) is 13.3. The number of ether oxygens (including phenoxy) is 1. The van der Waals surface area contributed by atoms with E-state index in [1.165, 1.54) is 6.08 Å². The molecule has 0 unspecified atom stereocenters. The minimum absolute atomic E-state index is 0.00940. The van der Waals surface area contributed by atoms with Gasteiger partial charge in [0.15, 0.2) is 8.32 Å². The number of imide groups is 1. The molecule has 0 spiro atoms. The molecule has 3 atom stereocenters. The first-order valence-corrected chi connectivity index (χ1v) is 13.7. The molecule has 1 aliphatic rings. The molecule has 0 N–H and O–H groups in total. The average Bonchev–Trinajstić information content (AvgIpc) is 3.05. The van der Waals surface area contributed by atoms with Gasteiger partial charge >= 0.3 is 12.3 Å². The van der Waals surface area contributed by atoms with E-state index in [4.69, 9.17) is 9.16 Å². The Morgan fingerprint density at radius 2 is 1.88 bits per heavy atom. The third-order valence-corrected chi connectivity index (χ3v) is 10.6. The van der Waals surface area contributed by atoms with Gasteiger partial charge in [0.2, 0.25) is 5.91 Å². The van der Waals surface area contributed by atoms with Crippen molar-refractivity contribution in [1.82, 2.24) is 4.90 Å². The van der Waals surface area contributed by atoms with Gasteiger partial charge in [0.1, 0.15) is 6.61 Å². The molecule has 0 aromatic heterocycles. The van der Waals surface area contributed by atoms with Gasteiger partial charge in [-0.05, 0) is 30.1 Å². The molecule has 5 nitrogen and oxygen atoms in total. The number of carbonyl (C=O) groups excluding carboxylic acids is 2. The molecule has 0 radical (unpaired) electrons. The first-order chi connectivity index (χ1) is 15.2. The van der Waals surface area contributed by atoms with Gasteiger partial charge in [0.05, 0.1) is 18.1 Å². The number of halogens is 3. The maximum absolute atomic E-state index is 13.5. The first kappa shape index (κ1) is 26.9. The fourth-order valence-electron chi connectivity index (χ4n) is 3.26. The Morgan fingerprint density at radius 3 is 2.39 bits per heavy atom. The first-order valence-electron chi connectivity index (χ1n) is 10.8. The fraction of sp³-hybridized carbons (Fsp3) is 0.500. The number of amides is 2. The summed E-state index contributed by atoms with van der Waals surface area (Å²) in [6.07, 6.45) is -4.11. The molecule has 1 fully saturated rings. The topological polar surface area (TPSA) is 55.8 Å². The Balaban J connectivity index is 2.37. The molecule has 2 rings (SSSR count). The summed E-state index contributed by atoms with van der Waals surface area (Å²) in [4.78, 5) is 26.9. The van der Waals surface area contributed by atoms with Crippen LogP contribution in [0.3, 0.4) is 0 Å². The maximum Gasteiger partial charge on any atom is 0.417 e. The number of allylic oxidation sites excluding steroid dienone is 1. The Bertz CT molecular complexity index is 878. The lowest BCUT2D eigenvalue weighted by Crippen LogP contribution is -2.50. The average molecular weight is 484 g/mol. The molecule has 0 bridgehead atoms. The zero-order valence-electron chi connectivity index (χ0n) is 19.7. The number of nitrogens with zero attached hydrogens (tertiary/aromatic N) is 1. The molecule has 9 heteroatoms. The maximum atomic E-state index is 13.5. The molecule has 182 valence electrons. The molecule has 0 saturated carbocycles. The predicted octanol–water partition coefficient (Wildman–Crippen LogP) is 5.89. The van der Waals surface area contributed by atoms with Crippen molar-refractivity contribution in [1.29, 1.82) is 0 Å². The summed E-state index contributed by atoms with van der Waals surface area (Å²) < 4.78 is 50.3. The van der Waals surface area contributed by atoms with Crippen molar-refractivity contribution in [2.24, 2.45) is 5.92 Å². The summed E-state index contributed by atoms with van der Waals surface area (Å²) in [5.41, 5.74) is 0.903. The highest BCUT2D eigenvalue weighted by molar-refractivity contribution is 6.74. The largest absolute Gasteiger partial charge is 0.447 e. The van der Waals surface area contributed by atoms with Crippen LogP contribution in [0.5, 0.6) is 0 Å². The minimum Gasteiger partial charge on any atom is -0.447 e. The van der Waals surface area contributed by atoms with Crippen LogP contribution < -0.4 is 0 Å². The van der Waals surface area contributed by atoms with E-state index in [1.807, 2.05) is 64.2 Å². The quantitative estimate of drug-likeness (QED) is 0.342. The summed E-state index contributed by atoms with van der Waals surface area (Å²) in [5.74, 6) is -1.88. The van der Waals surface area contributed by atoms with Crippen LogP contribution >= 0.6 is 0 Å². The van der Waals surface area contributed by atoms with Crippen molar-refractivity contribution in [2.45, 2.75) is 63.6 Å². The van der Waals surface area contributed by atoms with Crippen LogP contribution in [0.15, 0.2) is 55.1 Å². The highest BCUT2D eigenvalue weighted by atomic mass is 28.4. The molecule has 1 saturated heterocycles. The van der Waals surface area contributed by atoms with Crippen molar-refractivity contribution in [2.75, 3.05) is 6.61 Å². The number of hydrogen-bond donors (Lipinski definition) is 0. The van der Waals surface area contributed by atoms with Crippen LogP contribution in [0.1, 0.15) is 26.3 Å². The van der Waals surface area contributed by atoms with Crippen LogP contribution in [-0.2, 0) is 20.4 Å². The molecule has 33 heavy (non-hydrogen) atoms. The zero-order valence-corrected chi connectivity index (χ0v) is 20.7. The molecule has 1 heterocycles. The van der Waals surface area contributed by atoms with Gasteiger partial charge in [-0.15, -0.1) is 6.58 Å². The van der Waals surface area contributed by atoms with Gasteiger partial charge in [-0.2, -0.15) is 13.2 Å². The van der Waals surface area contributed by atoms with E-state index in [1.54, 1.807) is 0 Å². The van der Waals surface area contributed by atoms with Crippen molar-refractivity contribution in [3.8, 4) is 0 Å². The Kier molecular flexibility index (Phi) is 8.35. The Labute approximate surface area is 194 Å². The highest BCUT2D eigenvalue weighted by Crippen LogP contribution is 2.39. The molecular weight excluding hydrogens is 451 g/mol. The Morgan fingerprint density at radius 1 is 1.27 bits per heavy atom. The minimum atomic E-state index is -4.58. The summed E-state index contributed by atoms with van der Waals surface area (Å²) in [5, 5.41) is -0.311. The molecule has 1 aliphatic heterocycles. The lowest BCUT2D eigenvalue weighted by molar-refractivity contribution is -0.134. The van der Waals surface area contributed by atoms with Gasteiger partial charge in [-0.25, -0.2) is 9.69 Å². The highest BCUT2D eigenvalue weighted by Gasteiger charge is 2.45. The van der Waals surface area contributed by atoms with Gasteiger partial charge in [-0.3, -0.25) is 4.79 Å². The monoisotopic (exact) mass is 483 g/mol. The van der Waals surface area contributed by atoms with Crippen LogP contribution in [0.25, 0.3) is 0 Å². The van der Waals surface area contributed by atoms with Crippen molar-refractivity contribution < 1.29 is 31.9 Å². The number of cyclic esters (lactones) is 1. The van der Waals surface area contributed by atoms with E-state index in [0.717, 1.165) is 16.5 Å². The van der Waals surface area contributed by atoms with Crippen LogP contribution in [0, 0.1) is 5.92 Å². The second-order valence-corrected chi connectivity index (χ2v) is 14.4. The van der Waals surface area contributed by atoms with Gasteiger partial charge in [0, 0.05) is 6.08 Å². The number of alkyl halides is 3. The summed E-state index contributed by atoms with van der Waals surface area (Å²) >= 11 is 0.